The third-order valence-electron chi connectivity index (χ3n) is 3.99. The van der Waals surface area contributed by atoms with Crippen molar-refractivity contribution in [2.24, 2.45) is 5.41 Å². The Morgan fingerprint density at radius 2 is 2.05 bits per heavy atom. The molecular weight excluding hydrogens is 274 g/mol. The van der Waals surface area contributed by atoms with Crippen LogP contribution < -0.4 is 0 Å². The molecule has 0 radical (unpaired) electrons. The van der Waals surface area contributed by atoms with Crippen molar-refractivity contribution < 1.29 is 13.5 Å². The molecule has 1 aliphatic heterocycles. The maximum Gasteiger partial charge on any atom is 0.243 e. The molecule has 0 bridgehead atoms. The van der Waals surface area contributed by atoms with Crippen LogP contribution in [-0.2, 0) is 16.6 Å². The van der Waals surface area contributed by atoms with Crippen LogP contribution in [0.5, 0.6) is 0 Å². The van der Waals surface area contributed by atoms with Crippen molar-refractivity contribution in [2.45, 2.75) is 45.1 Å². The molecule has 0 saturated carbocycles. The quantitative estimate of drug-likeness (QED) is 0.931. The molecule has 0 aliphatic carbocycles. The minimum atomic E-state index is -3.46. The third kappa shape index (κ3) is 3.05. The van der Waals surface area contributed by atoms with E-state index in [0.29, 0.717) is 18.7 Å². The number of aliphatic hydroxyl groups excluding tert-OH is 1. The molecule has 0 amide bonds. The molecule has 4 nitrogen and oxygen atoms in total. The van der Waals surface area contributed by atoms with Gasteiger partial charge in [0.2, 0.25) is 10.0 Å². The summed E-state index contributed by atoms with van der Waals surface area (Å²) in [6, 6.07) is 4.98. The normalized spacial score (nSPS) is 20.0. The maximum absolute atomic E-state index is 12.7. The van der Waals surface area contributed by atoms with E-state index in [1.807, 2.05) is 6.92 Å². The Kier molecular flexibility index (Phi) is 4.23. The van der Waals surface area contributed by atoms with Crippen molar-refractivity contribution in [3.05, 3.63) is 29.3 Å². The molecule has 1 N–H and O–H groups in total. The minimum absolute atomic E-state index is 0.0236. The number of rotatable bonds is 3. The fourth-order valence-electron chi connectivity index (χ4n) is 2.70. The van der Waals surface area contributed by atoms with E-state index in [4.69, 9.17) is 0 Å². The van der Waals surface area contributed by atoms with Crippen molar-refractivity contribution in [1.82, 2.24) is 4.31 Å². The molecule has 0 atom stereocenters. The lowest BCUT2D eigenvalue weighted by atomic mass is 9.85. The van der Waals surface area contributed by atoms with Gasteiger partial charge in [-0.2, -0.15) is 4.31 Å². The van der Waals surface area contributed by atoms with Gasteiger partial charge in [-0.1, -0.05) is 19.9 Å². The average Bonchev–Trinajstić information content (AvgIpc) is 2.37. The van der Waals surface area contributed by atoms with Crippen molar-refractivity contribution in [3.63, 3.8) is 0 Å². The van der Waals surface area contributed by atoms with Crippen molar-refractivity contribution in [1.29, 1.82) is 0 Å². The second-order valence-electron chi connectivity index (χ2n) is 6.35. The van der Waals surface area contributed by atoms with Crippen LogP contribution in [-0.4, -0.2) is 30.9 Å². The summed E-state index contributed by atoms with van der Waals surface area (Å²) in [5, 5.41) is 9.29. The van der Waals surface area contributed by atoms with E-state index in [2.05, 4.69) is 13.8 Å². The Bertz CT molecular complexity index is 593. The number of hydrogen-bond acceptors (Lipinski definition) is 3. The molecule has 1 aliphatic rings. The summed E-state index contributed by atoms with van der Waals surface area (Å²) in [6.45, 7) is 7.06. The van der Waals surface area contributed by atoms with Crippen LogP contribution in [0.4, 0.5) is 0 Å². The highest BCUT2D eigenvalue weighted by Gasteiger charge is 2.34. The van der Waals surface area contributed by atoms with Gasteiger partial charge in [0.25, 0.3) is 0 Å². The van der Waals surface area contributed by atoms with Gasteiger partial charge >= 0.3 is 0 Å². The Hall–Kier alpha value is -0.910. The van der Waals surface area contributed by atoms with Gasteiger partial charge in [-0.25, -0.2) is 8.42 Å². The fraction of sp³-hybridized carbons (Fsp3) is 0.600. The predicted octanol–water partition coefficient (Wildman–Crippen LogP) is 2.30. The molecule has 5 heteroatoms. The standard InChI is InChI=1S/C15H23NO3S/c1-12-5-6-14(9-13(12)10-17)20(18,19)16-8-4-7-15(2,3)11-16/h5-6,9,17H,4,7-8,10-11H2,1-3H3. The van der Waals surface area contributed by atoms with E-state index in [1.54, 1.807) is 22.5 Å². The summed E-state index contributed by atoms with van der Waals surface area (Å²) in [6.07, 6.45) is 1.94. The molecule has 1 aromatic carbocycles. The van der Waals surface area contributed by atoms with E-state index in [0.717, 1.165) is 18.4 Å². The van der Waals surface area contributed by atoms with Crippen LogP contribution in [0, 0.1) is 12.3 Å². The second kappa shape index (κ2) is 5.47. The Morgan fingerprint density at radius 3 is 2.65 bits per heavy atom. The molecule has 1 aromatic rings. The molecule has 0 aromatic heterocycles. The molecule has 0 unspecified atom stereocenters. The summed E-state index contributed by atoms with van der Waals surface area (Å²) in [5.41, 5.74) is 1.60. The van der Waals surface area contributed by atoms with E-state index < -0.39 is 10.0 Å². The number of sulfonamides is 1. The van der Waals surface area contributed by atoms with Crippen LogP contribution in [0.15, 0.2) is 23.1 Å². The van der Waals surface area contributed by atoms with Crippen LogP contribution in [0.25, 0.3) is 0 Å². The molecule has 0 spiro atoms. The number of aliphatic hydroxyl groups is 1. The molecule has 112 valence electrons. The van der Waals surface area contributed by atoms with Crippen LogP contribution in [0.3, 0.4) is 0 Å². The Labute approximate surface area is 121 Å². The van der Waals surface area contributed by atoms with E-state index in [9.17, 15) is 13.5 Å². The zero-order valence-corrected chi connectivity index (χ0v) is 13.2. The lowest BCUT2D eigenvalue weighted by Gasteiger charge is -2.37. The molecule has 1 fully saturated rings. The first-order valence-corrected chi connectivity index (χ1v) is 8.41. The van der Waals surface area contributed by atoms with Gasteiger partial charge in [-0.3, -0.25) is 0 Å². The largest absolute Gasteiger partial charge is 0.392 e. The highest BCUT2D eigenvalue weighted by atomic mass is 32.2. The van der Waals surface area contributed by atoms with Gasteiger partial charge < -0.3 is 5.11 Å². The number of aryl methyl sites for hydroxylation is 1. The molecule has 1 saturated heterocycles. The number of piperidine rings is 1. The van der Waals surface area contributed by atoms with Crippen molar-refractivity contribution in [2.75, 3.05) is 13.1 Å². The van der Waals surface area contributed by atoms with Gasteiger partial charge in [0, 0.05) is 13.1 Å². The Morgan fingerprint density at radius 1 is 1.35 bits per heavy atom. The van der Waals surface area contributed by atoms with Crippen LogP contribution in [0.2, 0.25) is 0 Å². The van der Waals surface area contributed by atoms with Crippen LogP contribution in [0.1, 0.15) is 37.8 Å². The second-order valence-corrected chi connectivity index (χ2v) is 8.29. The van der Waals surface area contributed by atoms with E-state index in [1.165, 1.54) is 0 Å². The summed E-state index contributed by atoms with van der Waals surface area (Å²) in [7, 11) is -3.46. The zero-order chi connectivity index (χ0) is 15.0. The van der Waals surface area contributed by atoms with E-state index >= 15 is 0 Å². The first-order valence-electron chi connectivity index (χ1n) is 6.97. The van der Waals surface area contributed by atoms with Gasteiger partial charge in [0.15, 0.2) is 0 Å². The van der Waals surface area contributed by atoms with Gasteiger partial charge in [0.1, 0.15) is 0 Å². The first-order chi connectivity index (χ1) is 9.26. The maximum atomic E-state index is 12.7. The monoisotopic (exact) mass is 297 g/mol. The fourth-order valence-corrected chi connectivity index (χ4v) is 4.42. The predicted molar refractivity (Wildman–Crippen MR) is 78.9 cm³/mol. The summed E-state index contributed by atoms with van der Waals surface area (Å²) >= 11 is 0. The summed E-state index contributed by atoms with van der Waals surface area (Å²) < 4.78 is 27.0. The minimum Gasteiger partial charge on any atom is -0.392 e. The molecule has 1 heterocycles. The van der Waals surface area contributed by atoms with Crippen molar-refractivity contribution in [3.8, 4) is 0 Å². The molecule has 20 heavy (non-hydrogen) atoms. The summed E-state index contributed by atoms with van der Waals surface area (Å²) in [4.78, 5) is 0.282. The van der Waals surface area contributed by atoms with Crippen LogP contribution >= 0.6 is 0 Å². The van der Waals surface area contributed by atoms with Gasteiger partial charge in [-0.05, 0) is 48.4 Å². The number of nitrogens with zero attached hydrogens (tertiary/aromatic N) is 1. The molecule has 2 rings (SSSR count). The van der Waals surface area contributed by atoms with E-state index in [-0.39, 0.29) is 16.9 Å². The average molecular weight is 297 g/mol. The summed E-state index contributed by atoms with van der Waals surface area (Å²) in [5.74, 6) is 0. The van der Waals surface area contributed by atoms with Gasteiger partial charge in [-0.15, -0.1) is 0 Å². The Balaban J connectivity index is 2.35. The lowest BCUT2D eigenvalue weighted by molar-refractivity contribution is 0.187. The third-order valence-corrected chi connectivity index (χ3v) is 5.84. The highest BCUT2D eigenvalue weighted by molar-refractivity contribution is 7.89. The topological polar surface area (TPSA) is 57.6 Å². The highest BCUT2D eigenvalue weighted by Crippen LogP contribution is 2.32. The zero-order valence-electron chi connectivity index (χ0n) is 12.4. The van der Waals surface area contributed by atoms with Gasteiger partial charge in [0.05, 0.1) is 11.5 Å². The SMILES string of the molecule is Cc1ccc(S(=O)(=O)N2CCCC(C)(C)C2)cc1CO. The smallest absolute Gasteiger partial charge is 0.243 e. The number of hydrogen-bond donors (Lipinski definition) is 1. The lowest BCUT2D eigenvalue weighted by Crippen LogP contribution is -2.43. The van der Waals surface area contributed by atoms with Crippen molar-refractivity contribution >= 4 is 10.0 Å². The first kappa shape index (κ1) is 15.5. The molecular formula is C15H23NO3S. The number of benzene rings is 1.